The molecule has 0 radical (unpaired) electrons. The van der Waals surface area contributed by atoms with E-state index in [4.69, 9.17) is 4.74 Å². The number of aromatic nitrogens is 1. The molecule has 0 aliphatic rings. The van der Waals surface area contributed by atoms with Gasteiger partial charge in [-0.25, -0.2) is 0 Å². The van der Waals surface area contributed by atoms with E-state index < -0.39 is 0 Å². The number of nitrogens with zero attached hydrogens (tertiary/aromatic N) is 1. The predicted molar refractivity (Wildman–Crippen MR) is 115 cm³/mol. The zero-order valence-electron chi connectivity index (χ0n) is 16.4. The highest BCUT2D eigenvalue weighted by Crippen LogP contribution is 2.32. The molecule has 0 saturated carbocycles. The van der Waals surface area contributed by atoms with Gasteiger partial charge in [-0.15, -0.1) is 0 Å². The molecule has 0 unspecified atom stereocenters. The number of aryl methyl sites for hydroxylation is 1. The number of rotatable bonds is 7. The van der Waals surface area contributed by atoms with Gasteiger partial charge in [0.1, 0.15) is 5.75 Å². The molecule has 3 nitrogen and oxygen atoms in total. The van der Waals surface area contributed by atoms with Gasteiger partial charge in [0, 0.05) is 40.2 Å². The molecule has 4 aromatic rings. The van der Waals surface area contributed by atoms with Crippen molar-refractivity contribution in [2.45, 2.75) is 32.7 Å². The van der Waals surface area contributed by atoms with Crippen molar-refractivity contribution in [3.63, 3.8) is 0 Å². The Labute approximate surface area is 165 Å². The Morgan fingerprint density at radius 2 is 1.71 bits per heavy atom. The van der Waals surface area contributed by atoms with Gasteiger partial charge in [0.05, 0.1) is 7.11 Å². The lowest BCUT2D eigenvalue weighted by Gasteiger charge is -2.10. The van der Waals surface area contributed by atoms with E-state index in [1.807, 2.05) is 60.8 Å². The van der Waals surface area contributed by atoms with E-state index in [1.54, 1.807) is 7.11 Å². The van der Waals surface area contributed by atoms with Crippen LogP contribution in [0.15, 0.2) is 66.9 Å². The number of ether oxygens (including phenoxy) is 1. The van der Waals surface area contributed by atoms with Crippen LogP contribution in [0.4, 0.5) is 0 Å². The molecule has 0 amide bonds. The highest BCUT2D eigenvalue weighted by molar-refractivity contribution is 6.22. The third kappa shape index (κ3) is 3.18. The van der Waals surface area contributed by atoms with E-state index in [9.17, 15) is 4.79 Å². The molecule has 3 heteroatoms. The monoisotopic (exact) mass is 371 g/mol. The molecule has 0 atom stereocenters. The number of hydrogen-bond donors (Lipinski definition) is 0. The van der Waals surface area contributed by atoms with Gasteiger partial charge in [-0.1, -0.05) is 68.3 Å². The number of methoxy groups -OCH3 is 1. The lowest BCUT2D eigenvalue weighted by Crippen LogP contribution is -2.03. The van der Waals surface area contributed by atoms with E-state index >= 15 is 0 Å². The molecule has 0 aliphatic carbocycles. The maximum absolute atomic E-state index is 13.6. The summed E-state index contributed by atoms with van der Waals surface area (Å²) < 4.78 is 7.78. The molecule has 0 N–H and O–H groups in total. The molecule has 142 valence electrons. The van der Waals surface area contributed by atoms with Gasteiger partial charge in [0.15, 0.2) is 5.78 Å². The molecule has 1 aromatic heterocycles. The lowest BCUT2D eigenvalue weighted by atomic mass is 9.96. The minimum absolute atomic E-state index is 0.0422. The van der Waals surface area contributed by atoms with Crippen molar-refractivity contribution in [3.05, 3.63) is 78.0 Å². The average Bonchev–Trinajstić information content (AvgIpc) is 3.11. The molecular formula is C25H25NO2. The number of carbonyl (C=O) groups excluding carboxylic acids is 1. The van der Waals surface area contributed by atoms with Crippen molar-refractivity contribution in [2.75, 3.05) is 7.11 Å². The van der Waals surface area contributed by atoms with Gasteiger partial charge < -0.3 is 9.30 Å². The zero-order chi connectivity index (χ0) is 19.5. The van der Waals surface area contributed by atoms with E-state index in [1.165, 1.54) is 12.8 Å². The Morgan fingerprint density at radius 1 is 0.929 bits per heavy atom. The van der Waals surface area contributed by atoms with E-state index in [0.717, 1.165) is 46.0 Å². The molecule has 4 rings (SSSR count). The van der Waals surface area contributed by atoms with Crippen LogP contribution in [0.25, 0.3) is 21.7 Å². The second-order valence-corrected chi connectivity index (χ2v) is 7.15. The van der Waals surface area contributed by atoms with Crippen LogP contribution in [0.1, 0.15) is 42.1 Å². The highest BCUT2D eigenvalue weighted by atomic mass is 16.5. The number of benzene rings is 3. The summed E-state index contributed by atoms with van der Waals surface area (Å²) in [4.78, 5) is 13.6. The number of unbranched alkanes of at least 4 members (excludes halogenated alkanes) is 2. The van der Waals surface area contributed by atoms with Crippen LogP contribution < -0.4 is 4.74 Å². The second-order valence-electron chi connectivity index (χ2n) is 7.15. The van der Waals surface area contributed by atoms with Crippen molar-refractivity contribution >= 4 is 27.5 Å². The SMILES string of the molecule is CCCCCn1cc(C(=O)c2cccc3cccc(OC)c23)c2ccccc21. The average molecular weight is 371 g/mol. The first-order valence-electron chi connectivity index (χ1n) is 9.93. The summed E-state index contributed by atoms with van der Waals surface area (Å²) in [5.74, 6) is 0.772. The van der Waals surface area contributed by atoms with Crippen molar-refractivity contribution in [2.24, 2.45) is 0 Å². The van der Waals surface area contributed by atoms with Gasteiger partial charge in [-0.05, 0) is 23.9 Å². The van der Waals surface area contributed by atoms with Gasteiger partial charge in [-0.2, -0.15) is 0 Å². The molecule has 0 bridgehead atoms. The fraction of sp³-hybridized carbons (Fsp3) is 0.240. The quantitative estimate of drug-likeness (QED) is 0.285. The first kappa shape index (κ1) is 18.3. The minimum atomic E-state index is 0.0422. The van der Waals surface area contributed by atoms with Gasteiger partial charge in [0.2, 0.25) is 0 Å². The Kier molecular flexibility index (Phi) is 5.16. The Morgan fingerprint density at radius 3 is 2.50 bits per heavy atom. The van der Waals surface area contributed by atoms with Crippen molar-refractivity contribution in [1.82, 2.24) is 4.57 Å². The third-order valence-corrected chi connectivity index (χ3v) is 5.37. The van der Waals surface area contributed by atoms with E-state index in [-0.39, 0.29) is 5.78 Å². The van der Waals surface area contributed by atoms with Crippen molar-refractivity contribution < 1.29 is 9.53 Å². The summed E-state index contributed by atoms with van der Waals surface area (Å²) in [5, 5.41) is 2.90. The normalized spacial score (nSPS) is 11.2. The summed E-state index contributed by atoms with van der Waals surface area (Å²) in [6.07, 6.45) is 5.51. The molecule has 3 aromatic carbocycles. The van der Waals surface area contributed by atoms with Crippen molar-refractivity contribution in [3.8, 4) is 5.75 Å². The zero-order valence-corrected chi connectivity index (χ0v) is 16.4. The fourth-order valence-corrected chi connectivity index (χ4v) is 3.96. The minimum Gasteiger partial charge on any atom is -0.496 e. The highest BCUT2D eigenvalue weighted by Gasteiger charge is 2.20. The molecule has 0 saturated heterocycles. The van der Waals surface area contributed by atoms with Crippen LogP contribution in [0, 0.1) is 0 Å². The first-order valence-corrected chi connectivity index (χ1v) is 9.93. The lowest BCUT2D eigenvalue weighted by molar-refractivity contribution is 0.104. The second kappa shape index (κ2) is 7.89. The summed E-state index contributed by atoms with van der Waals surface area (Å²) in [5.41, 5.74) is 2.56. The number of para-hydroxylation sites is 1. The largest absolute Gasteiger partial charge is 0.496 e. The molecular weight excluding hydrogens is 346 g/mol. The predicted octanol–water partition coefficient (Wildman–Crippen LogP) is 6.22. The number of ketones is 1. The summed E-state index contributed by atoms with van der Waals surface area (Å²) >= 11 is 0. The molecule has 0 spiro atoms. The summed E-state index contributed by atoms with van der Waals surface area (Å²) in [6.45, 7) is 3.14. The third-order valence-electron chi connectivity index (χ3n) is 5.37. The number of fused-ring (bicyclic) bond motifs is 2. The smallest absolute Gasteiger partial charge is 0.195 e. The maximum Gasteiger partial charge on any atom is 0.195 e. The van der Waals surface area contributed by atoms with Gasteiger partial charge >= 0.3 is 0 Å². The number of hydrogen-bond acceptors (Lipinski definition) is 2. The van der Waals surface area contributed by atoms with Crippen LogP contribution in [0.3, 0.4) is 0 Å². The van der Waals surface area contributed by atoms with E-state index in [2.05, 4.69) is 17.6 Å². The van der Waals surface area contributed by atoms with Crippen LogP contribution in [-0.4, -0.2) is 17.5 Å². The number of carbonyl (C=O) groups is 1. The Hall–Kier alpha value is -3.07. The molecule has 1 heterocycles. The van der Waals surface area contributed by atoms with Gasteiger partial charge in [0.25, 0.3) is 0 Å². The Balaban J connectivity index is 1.85. The Bertz CT molecular complexity index is 1130. The standard InChI is InChI=1S/C25H25NO2/c1-3-4-7-16-26-17-21(19-12-5-6-14-22(19)26)25(27)20-13-8-10-18-11-9-15-23(28-2)24(18)20/h5-6,8-15,17H,3-4,7,16H2,1-2H3. The van der Waals surface area contributed by atoms with E-state index in [0.29, 0.717) is 5.56 Å². The van der Waals surface area contributed by atoms with Crippen LogP contribution in [-0.2, 0) is 6.54 Å². The van der Waals surface area contributed by atoms with Crippen molar-refractivity contribution in [1.29, 1.82) is 0 Å². The molecule has 0 fully saturated rings. The fourth-order valence-electron chi connectivity index (χ4n) is 3.96. The molecule has 28 heavy (non-hydrogen) atoms. The van der Waals surface area contributed by atoms with Gasteiger partial charge in [-0.3, -0.25) is 4.79 Å². The van der Waals surface area contributed by atoms with Crippen LogP contribution >= 0.6 is 0 Å². The maximum atomic E-state index is 13.6. The summed E-state index contributed by atoms with van der Waals surface area (Å²) in [7, 11) is 1.65. The van der Waals surface area contributed by atoms with Crippen LogP contribution in [0.5, 0.6) is 5.75 Å². The molecule has 0 aliphatic heterocycles. The van der Waals surface area contributed by atoms with Crippen LogP contribution in [0.2, 0.25) is 0 Å². The first-order chi connectivity index (χ1) is 13.7. The topological polar surface area (TPSA) is 31.2 Å². The summed E-state index contributed by atoms with van der Waals surface area (Å²) in [6, 6.07) is 19.9.